The number of benzene rings is 3. The number of ether oxygens (including phenoxy) is 2. The fourth-order valence-corrected chi connectivity index (χ4v) is 2.91. The highest BCUT2D eigenvalue weighted by Gasteiger charge is 2.04. The molecular formula is C24H25N3O2S. The van der Waals surface area contributed by atoms with E-state index in [1.807, 2.05) is 86.6 Å². The number of rotatable bonds is 8. The summed E-state index contributed by atoms with van der Waals surface area (Å²) < 4.78 is 11.6. The number of hydrogen-bond donors (Lipinski definition) is 2. The highest BCUT2D eigenvalue weighted by Crippen LogP contribution is 2.18. The van der Waals surface area contributed by atoms with Crippen LogP contribution in [0.25, 0.3) is 0 Å². The van der Waals surface area contributed by atoms with Crippen molar-refractivity contribution in [1.82, 2.24) is 5.43 Å². The van der Waals surface area contributed by atoms with Crippen LogP contribution >= 0.6 is 12.2 Å². The molecule has 0 bridgehead atoms. The molecule has 0 aromatic heterocycles. The molecule has 0 spiro atoms. The van der Waals surface area contributed by atoms with Gasteiger partial charge in [-0.05, 0) is 62.0 Å². The summed E-state index contributed by atoms with van der Waals surface area (Å²) in [6.45, 7) is 4.93. The molecular weight excluding hydrogens is 394 g/mol. The average Bonchev–Trinajstić information content (AvgIpc) is 2.75. The number of hydrazone groups is 1. The first-order chi connectivity index (χ1) is 14.6. The summed E-state index contributed by atoms with van der Waals surface area (Å²) in [7, 11) is 0. The van der Waals surface area contributed by atoms with Gasteiger partial charge in [0.25, 0.3) is 0 Å². The maximum Gasteiger partial charge on any atom is 0.191 e. The van der Waals surface area contributed by atoms with Crippen LogP contribution < -0.4 is 20.2 Å². The Morgan fingerprint density at radius 1 is 0.933 bits per heavy atom. The zero-order valence-corrected chi connectivity index (χ0v) is 17.9. The molecule has 0 aliphatic carbocycles. The Labute approximate surface area is 182 Å². The minimum absolute atomic E-state index is 0.423. The molecule has 0 heterocycles. The van der Waals surface area contributed by atoms with Gasteiger partial charge in [-0.2, -0.15) is 5.10 Å². The number of para-hydroxylation sites is 2. The predicted octanol–water partition coefficient (Wildman–Crippen LogP) is 5.08. The number of nitrogens with zero attached hydrogens (tertiary/aromatic N) is 1. The second-order valence-corrected chi connectivity index (χ2v) is 7.10. The Hall–Kier alpha value is -3.38. The van der Waals surface area contributed by atoms with Crippen molar-refractivity contribution in [3.63, 3.8) is 0 Å². The fraction of sp³-hybridized carbons (Fsp3) is 0.167. The third-order valence-electron chi connectivity index (χ3n) is 4.28. The lowest BCUT2D eigenvalue weighted by atomic mass is 10.1. The number of nitrogens with one attached hydrogen (secondary N) is 2. The Morgan fingerprint density at radius 3 is 2.47 bits per heavy atom. The highest BCUT2D eigenvalue weighted by molar-refractivity contribution is 7.80. The lowest BCUT2D eigenvalue weighted by molar-refractivity contribution is 0.217. The van der Waals surface area contributed by atoms with E-state index in [1.165, 1.54) is 0 Å². The molecule has 6 heteroatoms. The molecule has 3 rings (SSSR count). The van der Waals surface area contributed by atoms with Gasteiger partial charge < -0.3 is 14.8 Å². The number of aryl methyl sites for hydroxylation is 2. The van der Waals surface area contributed by atoms with Gasteiger partial charge in [-0.15, -0.1) is 0 Å². The highest BCUT2D eigenvalue weighted by atomic mass is 32.1. The summed E-state index contributed by atoms with van der Waals surface area (Å²) in [6, 6.07) is 23.6. The Morgan fingerprint density at radius 2 is 1.67 bits per heavy atom. The van der Waals surface area contributed by atoms with Gasteiger partial charge >= 0.3 is 0 Å². The molecule has 0 fully saturated rings. The van der Waals surface area contributed by atoms with Crippen LogP contribution in [0.2, 0.25) is 0 Å². The van der Waals surface area contributed by atoms with Gasteiger partial charge in [-0.25, -0.2) is 0 Å². The summed E-state index contributed by atoms with van der Waals surface area (Å²) in [4.78, 5) is 0. The van der Waals surface area contributed by atoms with E-state index in [2.05, 4.69) is 15.8 Å². The van der Waals surface area contributed by atoms with Gasteiger partial charge in [0.2, 0.25) is 0 Å². The standard InChI is InChI=1S/C24H25N3O2S/c1-18-12-13-23(29-15-14-28-21-9-4-3-5-10-21)20(16-18)17-25-27-24(30)26-22-11-7-6-8-19(22)2/h3-13,16-17H,14-15H2,1-2H3,(H2,26,27,30)/b25-17+. The molecule has 0 aliphatic heterocycles. The first-order valence-electron chi connectivity index (χ1n) is 9.69. The molecule has 30 heavy (non-hydrogen) atoms. The molecule has 5 nitrogen and oxygen atoms in total. The van der Waals surface area contributed by atoms with Crippen LogP contribution in [0.3, 0.4) is 0 Å². The quantitative estimate of drug-likeness (QED) is 0.231. The molecule has 3 aromatic carbocycles. The molecule has 0 radical (unpaired) electrons. The van der Waals surface area contributed by atoms with Crippen molar-refractivity contribution in [2.24, 2.45) is 5.10 Å². The van der Waals surface area contributed by atoms with E-state index in [4.69, 9.17) is 21.7 Å². The number of anilines is 1. The van der Waals surface area contributed by atoms with Crippen molar-refractivity contribution in [3.05, 3.63) is 89.5 Å². The smallest absolute Gasteiger partial charge is 0.191 e. The molecule has 0 atom stereocenters. The molecule has 0 saturated heterocycles. The first-order valence-corrected chi connectivity index (χ1v) is 10.1. The number of hydrogen-bond acceptors (Lipinski definition) is 4. The average molecular weight is 420 g/mol. The van der Waals surface area contributed by atoms with Gasteiger partial charge in [-0.1, -0.05) is 48.0 Å². The van der Waals surface area contributed by atoms with Crippen molar-refractivity contribution < 1.29 is 9.47 Å². The van der Waals surface area contributed by atoms with Crippen molar-refractivity contribution in [1.29, 1.82) is 0 Å². The zero-order valence-electron chi connectivity index (χ0n) is 17.1. The van der Waals surface area contributed by atoms with Crippen LogP contribution in [-0.2, 0) is 0 Å². The minimum atomic E-state index is 0.423. The van der Waals surface area contributed by atoms with Crippen molar-refractivity contribution in [2.75, 3.05) is 18.5 Å². The van der Waals surface area contributed by atoms with Crippen LogP contribution in [0.5, 0.6) is 11.5 Å². The number of thiocarbonyl (C=S) groups is 1. The van der Waals surface area contributed by atoms with E-state index in [0.29, 0.717) is 18.3 Å². The Kier molecular flexibility index (Phi) is 7.80. The van der Waals surface area contributed by atoms with Gasteiger partial charge in [0.15, 0.2) is 5.11 Å². The topological polar surface area (TPSA) is 54.9 Å². The van der Waals surface area contributed by atoms with Crippen LogP contribution in [-0.4, -0.2) is 24.5 Å². The summed E-state index contributed by atoms with van der Waals surface area (Å²) >= 11 is 5.32. The lowest BCUT2D eigenvalue weighted by Crippen LogP contribution is -2.24. The van der Waals surface area contributed by atoms with E-state index in [9.17, 15) is 0 Å². The van der Waals surface area contributed by atoms with Gasteiger partial charge in [0.1, 0.15) is 24.7 Å². The SMILES string of the molecule is Cc1ccc(OCCOc2ccccc2)c(/C=N/NC(=S)Nc2ccccc2C)c1. The van der Waals surface area contributed by atoms with E-state index >= 15 is 0 Å². The molecule has 0 unspecified atom stereocenters. The van der Waals surface area contributed by atoms with Crippen LogP contribution in [0.15, 0.2) is 77.9 Å². The molecule has 154 valence electrons. The maximum absolute atomic E-state index is 5.89. The molecule has 2 N–H and O–H groups in total. The van der Waals surface area contributed by atoms with Crippen molar-refractivity contribution in [2.45, 2.75) is 13.8 Å². The van der Waals surface area contributed by atoms with Crippen molar-refractivity contribution in [3.8, 4) is 11.5 Å². The molecule has 3 aromatic rings. The van der Waals surface area contributed by atoms with Crippen molar-refractivity contribution >= 4 is 29.2 Å². The lowest BCUT2D eigenvalue weighted by Gasteiger charge is -2.11. The molecule has 0 aliphatic rings. The van der Waals surface area contributed by atoms with Crippen LogP contribution in [0.1, 0.15) is 16.7 Å². The largest absolute Gasteiger partial charge is 0.490 e. The third kappa shape index (κ3) is 6.60. The third-order valence-corrected chi connectivity index (χ3v) is 4.47. The summed E-state index contributed by atoms with van der Waals surface area (Å²) in [5, 5.41) is 7.82. The fourth-order valence-electron chi connectivity index (χ4n) is 2.75. The molecule has 0 amide bonds. The first kappa shape index (κ1) is 21.3. The predicted molar refractivity (Wildman–Crippen MR) is 127 cm³/mol. The van der Waals surface area contributed by atoms with E-state index in [-0.39, 0.29) is 0 Å². The van der Waals surface area contributed by atoms with Gasteiger partial charge in [-0.3, -0.25) is 5.43 Å². The van der Waals surface area contributed by atoms with Crippen LogP contribution in [0, 0.1) is 13.8 Å². The summed E-state index contributed by atoms with van der Waals surface area (Å²) in [6.07, 6.45) is 1.70. The van der Waals surface area contributed by atoms with Gasteiger partial charge in [0, 0.05) is 11.3 Å². The normalized spacial score (nSPS) is 10.6. The second kappa shape index (κ2) is 11.0. The van der Waals surface area contributed by atoms with Gasteiger partial charge in [0.05, 0.1) is 6.21 Å². The monoisotopic (exact) mass is 419 g/mol. The van der Waals surface area contributed by atoms with Crippen LogP contribution in [0.4, 0.5) is 5.69 Å². The maximum atomic E-state index is 5.89. The summed E-state index contributed by atoms with van der Waals surface area (Å²) in [5.41, 5.74) is 6.89. The second-order valence-electron chi connectivity index (χ2n) is 6.69. The Bertz CT molecular complexity index is 1010. The Balaban J connectivity index is 1.53. The minimum Gasteiger partial charge on any atom is -0.490 e. The molecule has 0 saturated carbocycles. The van der Waals surface area contributed by atoms with E-state index in [1.54, 1.807) is 6.21 Å². The van der Waals surface area contributed by atoms with E-state index < -0.39 is 0 Å². The zero-order chi connectivity index (χ0) is 21.2. The van der Waals surface area contributed by atoms with E-state index in [0.717, 1.165) is 33.9 Å². The summed E-state index contributed by atoms with van der Waals surface area (Å²) in [5.74, 6) is 1.56.